The molecule has 16 heavy (non-hydrogen) atoms. The molecular formula is C12H16F2N2. The number of hydrogen-bond acceptors (Lipinski definition) is 2. The lowest BCUT2D eigenvalue weighted by molar-refractivity contribution is 0.482. The number of rotatable bonds is 1. The van der Waals surface area contributed by atoms with Crippen molar-refractivity contribution in [3.8, 4) is 0 Å². The van der Waals surface area contributed by atoms with Crippen molar-refractivity contribution in [2.45, 2.75) is 32.2 Å². The maximum absolute atomic E-state index is 13.3. The van der Waals surface area contributed by atoms with E-state index >= 15 is 0 Å². The first-order valence-electron chi connectivity index (χ1n) is 5.60. The maximum atomic E-state index is 13.3. The third-order valence-corrected chi connectivity index (χ3v) is 3.18. The van der Waals surface area contributed by atoms with Crippen LogP contribution in [0.2, 0.25) is 0 Å². The Labute approximate surface area is 94.0 Å². The SMILES string of the molecule is CC1CCCCN1c1cc(F)cc(F)c1N. The van der Waals surface area contributed by atoms with Crippen molar-refractivity contribution < 1.29 is 8.78 Å². The van der Waals surface area contributed by atoms with Gasteiger partial charge in [0.15, 0.2) is 5.82 Å². The van der Waals surface area contributed by atoms with E-state index in [0.717, 1.165) is 31.9 Å². The Morgan fingerprint density at radius 3 is 2.75 bits per heavy atom. The Hall–Kier alpha value is -1.32. The summed E-state index contributed by atoms with van der Waals surface area (Å²) in [6.45, 7) is 2.87. The largest absolute Gasteiger partial charge is 0.395 e. The molecule has 1 aliphatic heterocycles. The topological polar surface area (TPSA) is 29.3 Å². The first-order valence-corrected chi connectivity index (χ1v) is 5.60. The molecule has 1 fully saturated rings. The second-order valence-electron chi connectivity index (χ2n) is 4.36. The van der Waals surface area contributed by atoms with E-state index in [0.29, 0.717) is 5.69 Å². The first kappa shape index (κ1) is 11.2. The lowest BCUT2D eigenvalue weighted by Crippen LogP contribution is -2.38. The normalized spacial score (nSPS) is 21.2. The van der Waals surface area contributed by atoms with Crippen LogP contribution in [-0.4, -0.2) is 12.6 Å². The Kier molecular flexibility index (Phi) is 2.99. The quantitative estimate of drug-likeness (QED) is 0.746. The number of hydrogen-bond donors (Lipinski definition) is 1. The van der Waals surface area contributed by atoms with Gasteiger partial charge in [0.2, 0.25) is 0 Å². The molecule has 1 heterocycles. The predicted octanol–water partition coefficient (Wildman–Crippen LogP) is 2.93. The molecule has 2 N–H and O–H groups in total. The van der Waals surface area contributed by atoms with Crippen molar-refractivity contribution in [3.05, 3.63) is 23.8 Å². The molecule has 0 amide bonds. The lowest BCUT2D eigenvalue weighted by atomic mass is 10.0. The molecule has 0 radical (unpaired) electrons. The fourth-order valence-corrected chi connectivity index (χ4v) is 2.26. The van der Waals surface area contributed by atoms with Crippen LogP contribution in [0.4, 0.5) is 20.2 Å². The predicted molar refractivity (Wildman–Crippen MR) is 61.4 cm³/mol. The van der Waals surface area contributed by atoms with Crippen LogP contribution in [0.15, 0.2) is 12.1 Å². The second kappa shape index (κ2) is 4.28. The van der Waals surface area contributed by atoms with E-state index in [1.54, 1.807) is 0 Å². The Morgan fingerprint density at radius 2 is 2.06 bits per heavy atom. The summed E-state index contributed by atoms with van der Waals surface area (Å²) in [4.78, 5) is 1.99. The highest BCUT2D eigenvalue weighted by Gasteiger charge is 2.22. The van der Waals surface area contributed by atoms with Gasteiger partial charge in [0, 0.05) is 18.7 Å². The molecule has 0 bridgehead atoms. The molecular weight excluding hydrogens is 210 g/mol. The van der Waals surface area contributed by atoms with Crippen molar-refractivity contribution in [2.24, 2.45) is 0 Å². The third kappa shape index (κ3) is 1.96. The van der Waals surface area contributed by atoms with Gasteiger partial charge >= 0.3 is 0 Å². The lowest BCUT2D eigenvalue weighted by Gasteiger charge is -2.36. The zero-order valence-electron chi connectivity index (χ0n) is 9.34. The fourth-order valence-electron chi connectivity index (χ4n) is 2.26. The van der Waals surface area contributed by atoms with Crippen LogP contribution in [0.3, 0.4) is 0 Å². The fraction of sp³-hybridized carbons (Fsp3) is 0.500. The molecule has 0 spiro atoms. The summed E-state index contributed by atoms with van der Waals surface area (Å²) in [6, 6.07) is 2.44. The number of benzene rings is 1. The Balaban J connectivity index is 2.38. The highest BCUT2D eigenvalue weighted by Crippen LogP contribution is 2.31. The van der Waals surface area contributed by atoms with Crippen molar-refractivity contribution in [3.63, 3.8) is 0 Å². The molecule has 1 saturated heterocycles. The van der Waals surface area contributed by atoms with Crippen LogP contribution >= 0.6 is 0 Å². The van der Waals surface area contributed by atoms with Crippen molar-refractivity contribution in [2.75, 3.05) is 17.2 Å². The molecule has 1 aromatic rings. The van der Waals surface area contributed by atoms with Gasteiger partial charge in [-0.1, -0.05) is 0 Å². The van der Waals surface area contributed by atoms with Gasteiger partial charge in [-0.3, -0.25) is 0 Å². The van der Waals surface area contributed by atoms with E-state index < -0.39 is 11.6 Å². The minimum absolute atomic E-state index is 0.0511. The van der Waals surface area contributed by atoms with Gasteiger partial charge in [0.1, 0.15) is 5.82 Å². The first-order chi connectivity index (χ1) is 7.59. The van der Waals surface area contributed by atoms with Crippen LogP contribution < -0.4 is 10.6 Å². The smallest absolute Gasteiger partial charge is 0.151 e. The summed E-state index contributed by atoms with van der Waals surface area (Å²) in [7, 11) is 0. The number of piperidine rings is 1. The van der Waals surface area contributed by atoms with Crippen LogP contribution in [-0.2, 0) is 0 Å². The number of nitrogens with zero attached hydrogens (tertiary/aromatic N) is 1. The van der Waals surface area contributed by atoms with Gasteiger partial charge in [-0.2, -0.15) is 0 Å². The maximum Gasteiger partial charge on any atom is 0.151 e. The van der Waals surface area contributed by atoms with E-state index in [2.05, 4.69) is 6.92 Å². The minimum Gasteiger partial charge on any atom is -0.395 e. The molecule has 1 aromatic carbocycles. The monoisotopic (exact) mass is 226 g/mol. The zero-order chi connectivity index (χ0) is 11.7. The highest BCUT2D eigenvalue weighted by atomic mass is 19.1. The Morgan fingerprint density at radius 1 is 1.31 bits per heavy atom. The molecule has 1 atom stereocenters. The molecule has 0 aromatic heterocycles. The van der Waals surface area contributed by atoms with Crippen molar-refractivity contribution in [1.29, 1.82) is 0 Å². The van der Waals surface area contributed by atoms with E-state index in [1.807, 2.05) is 4.90 Å². The number of nitrogen functional groups attached to an aromatic ring is 1. The summed E-state index contributed by atoms with van der Waals surface area (Å²) in [5.74, 6) is -1.24. The van der Waals surface area contributed by atoms with Crippen molar-refractivity contribution >= 4 is 11.4 Å². The summed E-state index contributed by atoms with van der Waals surface area (Å²) in [5, 5.41) is 0. The van der Waals surface area contributed by atoms with Gasteiger partial charge in [-0.25, -0.2) is 8.78 Å². The molecule has 88 valence electrons. The molecule has 2 nitrogen and oxygen atoms in total. The van der Waals surface area contributed by atoms with Crippen LogP contribution in [0.1, 0.15) is 26.2 Å². The summed E-state index contributed by atoms with van der Waals surface area (Å²) >= 11 is 0. The van der Waals surface area contributed by atoms with E-state index in [9.17, 15) is 8.78 Å². The molecule has 0 aliphatic carbocycles. The molecule has 1 unspecified atom stereocenters. The zero-order valence-corrected chi connectivity index (χ0v) is 9.34. The molecule has 4 heteroatoms. The van der Waals surface area contributed by atoms with Gasteiger partial charge in [-0.15, -0.1) is 0 Å². The van der Waals surface area contributed by atoms with Gasteiger partial charge in [0.25, 0.3) is 0 Å². The van der Waals surface area contributed by atoms with E-state index in [-0.39, 0.29) is 11.7 Å². The van der Waals surface area contributed by atoms with Crippen LogP contribution in [0, 0.1) is 11.6 Å². The standard InChI is InChI=1S/C12H16F2N2/c1-8-4-2-3-5-16(8)11-7-9(13)6-10(14)12(11)15/h6-8H,2-5,15H2,1H3. The molecule has 2 rings (SSSR count). The summed E-state index contributed by atoms with van der Waals surface area (Å²) in [5.41, 5.74) is 6.20. The number of halogens is 2. The minimum atomic E-state index is -0.673. The molecule has 0 saturated carbocycles. The van der Waals surface area contributed by atoms with Crippen LogP contribution in [0.5, 0.6) is 0 Å². The Bertz CT molecular complexity index is 393. The highest BCUT2D eigenvalue weighted by molar-refractivity contribution is 5.68. The van der Waals surface area contributed by atoms with E-state index in [1.165, 1.54) is 6.07 Å². The van der Waals surface area contributed by atoms with Gasteiger partial charge in [-0.05, 0) is 32.3 Å². The summed E-state index contributed by atoms with van der Waals surface area (Å²) in [6.07, 6.45) is 3.24. The van der Waals surface area contributed by atoms with Gasteiger partial charge in [0.05, 0.1) is 11.4 Å². The van der Waals surface area contributed by atoms with Crippen LogP contribution in [0.25, 0.3) is 0 Å². The second-order valence-corrected chi connectivity index (χ2v) is 4.36. The van der Waals surface area contributed by atoms with E-state index in [4.69, 9.17) is 5.73 Å². The van der Waals surface area contributed by atoms with Gasteiger partial charge < -0.3 is 10.6 Å². The molecule has 1 aliphatic rings. The average Bonchev–Trinajstić information content (AvgIpc) is 2.24. The average molecular weight is 226 g/mol. The van der Waals surface area contributed by atoms with Crippen molar-refractivity contribution in [1.82, 2.24) is 0 Å². The summed E-state index contributed by atoms with van der Waals surface area (Å²) < 4.78 is 26.5. The third-order valence-electron chi connectivity index (χ3n) is 3.18. The number of anilines is 2. The number of nitrogens with two attached hydrogens (primary N) is 1.